The van der Waals surface area contributed by atoms with E-state index in [1.165, 1.54) is 16.7 Å². The van der Waals surface area contributed by atoms with Crippen LogP contribution in [0.1, 0.15) is 36.0 Å². The van der Waals surface area contributed by atoms with Gasteiger partial charge in [0.25, 0.3) is 0 Å². The third kappa shape index (κ3) is 5.00. The SMILES string of the molecule is CN(C)[C@@H](Cc1ccc(O)cc1)C1(NC(=NC#N)NC2CCc3ccccc3C2)CC1. The Hall–Kier alpha value is -3.04. The number of aryl methyl sites for hydroxylation is 1. The molecule has 162 valence electrons. The van der Waals surface area contributed by atoms with Crippen molar-refractivity contribution >= 4 is 5.96 Å². The van der Waals surface area contributed by atoms with Gasteiger partial charge in [-0.2, -0.15) is 5.26 Å². The minimum absolute atomic E-state index is 0.114. The predicted octanol–water partition coefficient (Wildman–Crippen LogP) is 2.97. The number of nitrogens with one attached hydrogen (secondary N) is 2. The van der Waals surface area contributed by atoms with Gasteiger partial charge < -0.3 is 20.6 Å². The second kappa shape index (κ2) is 8.99. The first-order chi connectivity index (χ1) is 15.0. The number of rotatable bonds is 6. The first kappa shape index (κ1) is 21.2. The van der Waals surface area contributed by atoms with Crippen molar-refractivity contribution in [2.24, 2.45) is 4.99 Å². The standard InChI is InChI=1S/C25H31N5O/c1-30(2)23(15-18-7-11-22(31)12-8-18)25(13-14-25)29-24(27-17-26)28-21-10-9-19-5-3-4-6-20(19)16-21/h3-8,11-12,21,23,31H,9-10,13-16H2,1-2H3,(H2,27,28,29)/t21?,23-/m0/s1. The number of phenols is 1. The zero-order valence-corrected chi connectivity index (χ0v) is 18.3. The summed E-state index contributed by atoms with van der Waals surface area (Å²) in [5, 5.41) is 26.0. The highest BCUT2D eigenvalue weighted by molar-refractivity contribution is 5.82. The molecule has 6 heteroatoms. The minimum Gasteiger partial charge on any atom is -0.508 e. The van der Waals surface area contributed by atoms with Crippen LogP contribution in [0.2, 0.25) is 0 Å². The van der Waals surface area contributed by atoms with Crippen molar-refractivity contribution in [1.29, 1.82) is 5.26 Å². The fourth-order valence-electron chi connectivity index (χ4n) is 4.80. The van der Waals surface area contributed by atoms with E-state index in [2.05, 4.69) is 58.9 Å². The minimum atomic E-state index is -0.114. The van der Waals surface area contributed by atoms with E-state index in [-0.39, 0.29) is 23.4 Å². The summed E-state index contributed by atoms with van der Waals surface area (Å²) in [7, 11) is 4.19. The number of phenolic OH excluding ortho intramolecular Hbond substituents is 1. The topological polar surface area (TPSA) is 83.7 Å². The molecule has 0 saturated heterocycles. The quantitative estimate of drug-likeness (QED) is 0.382. The van der Waals surface area contributed by atoms with Crippen LogP contribution in [0, 0.1) is 11.5 Å². The number of likely N-dealkylation sites (N-methyl/N-ethyl adjacent to an activating group) is 1. The summed E-state index contributed by atoms with van der Waals surface area (Å²) in [5.74, 6) is 0.869. The molecule has 3 N–H and O–H groups in total. The van der Waals surface area contributed by atoms with Crippen LogP contribution in [0.25, 0.3) is 0 Å². The van der Waals surface area contributed by atoms with Crippen molar-refractivity contribution in [3.63, 3.8) is 0 Å². The van der Waals surface area contributed by atoms with Crippen LogP contribution in [0.4, 0.5) is 0 Å². The third-order valence-electron chi connectivity index (χ3n) is 6.63. The fraction of sp³-hybridized carbons (Fsp3) is 0.440. The van der Waals surface area contributed by atoms with Crippen molar-refractivity contribution < 1.29 is 5.11 Å². The maximum absolute atomic E-state index is 9.59. The average molecular weight is 418 g/mol. The lowest BCUT2D eigenvalue weighted by Crippen LogP contribution is -2.57. The Morgan fingerprint density at radius 3 is 2.55 bits per heavy atom. The molecule has 2 aromatic carbocycles. The molecule has 0 aromatic heterocycles. The van der Waals surface area contributed by atoms with Gasteiger partial charge in [0.1, 0.15) is 5.75 Å². The molecule has 6 nitrogen and oxygen atoms in total. The Balaban J connectivity index is 1.46. The van der Waals surface area contributed by atoms with E-state index >= 15 is 0 Å². The second-order valence-electron chi connectivity index (χ2n) is 9.04. The van der Waals surface area contributed by atoms with Crippen LogP contribution in [-0.2, 0) is 19.3 Å². The number of aromatic hydroxyl groups is 1. The molecule has 31 heavy (non-hydrogen) atoms. The van der Waals surface area contributed by atoms with Crippen LogP contribution in [0.5, 0.6) is 5.75 Å². The Kier molecular flexibility index (Phi) is 6.15. The van der Waals surface area contributed by atoms with E-state index in [9.17, 15) is 10.4 Å². The van der Waals surface area contributed by atoms with Crippen LogP contribution >= 0.6 is 0 Å². The monoisotopic (exact) mass is 417 g/mol. The molecule has 2 aliphatic carbocycles. The summed E-state index contributed by atoms with van der Waals surface area (Å²) < 4.78 is 0. The van der Waals surface area contributed by atoms with Gasteiger partial charge in [0.05, 0.1) is 5.54 Å². The Labute approximate surface area is 184 Å². The molecule has 0 amide bonds. The van der Waals surface area contributed by atoms with Gasteiger partial charge in [-0.15, -0.1) is 4.99 Å². The van der Waals surface area contributed by atoms with Gasteiger partial charge in [0.2, 0.25) is 12.2 Å². The average Bonchev–Trinajstić information content (AvgIpc) is 3.53. The van der Waals surface area contributed by atoms with Crippen molar-refractivity contribution in [3.05, 3.63) is 65.2 Å². The molecule has 0 radical (unpaired) electrons. The van der Waals surface area contributed by atoms with Gasteiger partial charge in [-0.1, -0.05) is 36.4 Å². The molecule has 2 aromatic rings. The van der Waals surface area contributed by atoms with Gasteiger partial charge in [-0.25, -0.2) is 0 Å². The number of nitriles is 1. The lowest BCUT2D eigenvalue weighted by Gasteiger charge is -2.35. The van der Waals surface area contributed by atoms with Crippen molar-refractivity contribution in [2.75, 3.05) is 14.1 Å². The third-order valence-corrected chi connectivity index (χ3v) is 6.63. The maximum atomic E-state index is 9.59. The van der Waals surface area contributed by atoms with Gasteiger partial charge in [-0.3, -0.25) is 0 Å². The number of aliphatic imine (C=N–C) groups is 1. The Morgan fingerprint density at radius 2 is 1.90 bits per heavy atom. The van der Waals surface area contributed by atoms with Crippen LogP contribution in [-0.4, -0.2) is 47.7 Å². The predicted molar refractivity (Wildman–Crippen MR) is 123 cm³/mol. The fourth-order valence-corrected chi connectivity index (χ4v) is 4.80. The van der Waals surface area contributed by atoms with Gasteiger partial charge in [0, 0.05) is 12.1 Å². The zero-order valence-electron chi connectivity index (χ0n) is 18.3. The summed E-state index contributed by atoms with van der Waals surface area (Å²) in [6.07, 6.45) is 7.92. The van der Waals surface area contributed by atoms with Crippen molar-refractivity contribution in [3.8, 4) is 11.9 Å². The molecular formula is C25H31N5O. The molecule has 2 atom stereocenters. The van der Waals surface area contributed by atoms with E-state index in [0.29, 0.717) is 5.96 Å². The van der Waals surface area contributed by atoms with Crippen LogP contribution < -0.4 is 10.6 Å². The molecule has 4 rings (SSSR count). The Morgan fingerprint density at radius 1 is 1.19 bits per heavy atom. The van der Waals surface area contributed by atoms with E-state index in [0.717, 1.165) is 38.5 Å². The first-order valence-electron chi connectivity index (χ1n) is 11.0. The normalized spacial score (nSPS) is 20.5. The van der Waals surface area contributed by atoms with Crippen LogP contribution in [0.15, 0.2) is 53.5 Å². The Bertz CT molecular complexity index is 972. The maximum Gasteiger partial charge on any atom is 0.209 e. The number of hydrogen-bond donors (Lipinski definition) is 3. The highest BCUT2D eigenvalue weighted by Gasteiger charge is 2.51. The highest BCUT2D eigenvalue weighted by Crippen LogP contribution is 2.42. The van der Waals surface area contributed by atoms with E-state index in [1.807, 2.05) is 18.3 Å². The lowest BCUT2D eigenvalue weighted by atomic mass is 9.88. The second-order valence-corrected chi connectivity index (χ2v) is 9.04. The smallest absolute Gasteiger partial charge is 0.209 e. The first-order valence-corrected chi connectivity index (χ1v) is 11.0. The van der Waals surface area contributed by atoms with Crippen molar-refractivity contribution in [2.45, 2.75) is 56.1 Å². The van der Waals surface area contributed by atoms with Crippen molar-refractivity contribution in [1.82, 2.24) is 15.5 Å². The molecule has 0 bridgehead atoms. The molecule has 0 aliphatic heterocycles. The van der Waals surface area contributed by atoms with E-state index < -0.39 is 0 Å². The molecule has 2 aliphatic rings. The van der Waals surface area contributed by atoms with Crippen LogP contribution in [0.3, 0.4) is 0 Å². The zero-order chi connectivity index (χ0) is 21.8. The summed E-state index contributed by atoms with van der Waals surface area (Å²) in [5.41, 5.74) is 3.87. The molecule has 1 fully saturated rings. The molecule has 0 heterocycles. The van der Waals surface area contributed by atoms with Gasteiger partial charge in [0.15, 0.2) is 0 Å². The highest BCUT2D eigenvalue weighted by atomic mass is 16.3. The summed E-state index contributed by atoms with van der Waals surface area (Å²) in [4.78, 5) is 6.35. The molecule has 0 spiro atoms. The number of hydrogen-bond acceptors (Lipinski definition) is 4. The van der Waals surface area contributed by atoms with E-state index in [4.69, 9.17) is 0 Å². The summed E-state index contributed by atoms with van der Waals surface area (Å²) >= 11 is 0. The molecular weight excluding hydrogens is 386 g/mol. The van der Waals surface area contributed by atoms with Gasteiger partial charge >= 0.3 is 0 Å². The van der Waals surface area contributed by atoms with E-state index in [1.54, 1.807) is 12.1 Å². The summed E-state index contributed by atoms with van der Waals surface area (Å²) in [6, 6.07) is 16.5. The summed E-state index contributed by atoms with van der Waals surface area (Å²) in [6.45, 7) is 0. The largest absolute Gasteiger partial charge is 0.508 e. The molecule has 1 unspecified atom stereocenters. The number of guanidine groups is 1. The lowest BCUT2D eigenvalue weighted by molar-refractivity contribution is 0.226. The number of fused-ring (bicyclic) bond motifs is 1. The number of benzene rings is 2. The molecule has 1 saturated carbocycles. The van der Waals surface area contributed by atoms with Gasteiger partial charge in [-0.05, 0) is 81.4 Å². The number of nitrogens with zero attached hydrogens (tertiary/aromatic N) is 3.